The van der Waals surface area contributed by atoms with E-state index in [-0.39, 0.29) is 63.2 Å². The number of carbonyl (C=O) groups is 3. The Bertz CT molecular complexity index is 2290. The summed E-state index contributed by atoms with van der Waals surface area (Å²) in [6.45, 7) is 6.84. The maximum Gasteiger partial charge on any atom is 0.318 e. The zero-order valence-electron chi connectivity index (χ0n) is 39.6. The number of rotatable bonds is 37. The van der Waals surface area contributed by atoms with Crippen molar-refractivity contribution in [3.05, 3.63) is 89.4 Å². The number of imidazole rings is 1. The monoisotopic (exact) mass is 991 g/mol. The first-order valence-corrected chi connectivity index (χ1v) is 23.0. The molecule has 11 N–H and O–H groups in total. The lowest BCUT2D eigenvalue weighted by Crippen LogP contribution is -2.45. The fraction of sp³-hybridized carbons (Fsp3) is 0.478. The summed E-state index contributed by atoms with van der Waals surface area (Å²) in [5.41, 5.74) is 22.1. The fourth-order valence-electron chi connectivity index (χ4n) is 6.01. The Hall–Kier alpha value is -6.84. The van der Waals surface area contributed by atoms with E-state index in [1.165, 1.54) is 12.5 Å². The van der Waals surface area contributed by atoms with Crippen LogP contribution in [-0.2, 0) is 69.1 Å². The maximum atomic E-state index is 12.3. The number of fused-ring (bicyclic) bond motifs is 1. The van der Waals surface area contributed by atoms with Crippen LogP contribution >= 0.6 is 0 Å². The Morgan fingerprint density at radius 1 is 0.549 bits per heavy atom. The molecule has 25 heteroatoms. The van der Waals surface area contributed by atoms with Crippen LogP contribution in [-0.4, -0.2) is 159 Å². The highest BCUT2D eigenvalue weighted by molar-refractivity contribution is 5.88. The van der Waals surface area contributed by atoms with E-state index in [1.807, 2.05) is 48.5 Å². The largest absolute Gasteiger partial charge is 0.471 e. The van der Waals surface area contributed by atoms with Gasteiger partial charge in [0.2, 0.25) is 23.6 Å². The van der Waals surface area contributed by atoms with Gasteiger partial charge >= 0.3 is 12.0 Å². The van der Waals surface area contributed by atoms with E-state index in [1.54, 1.807) is 6.07 Å². The summed E-state index contributed by atoms with van der Waals surface area (Å²) in [5.74, 6) is -0.0544. The van der Waals surface area contributed by atoms with E-state index in [4.69, 9.17) is 59.8 Å². The van der Waals surface area contributed by atoms with Crippen LogP contribution in [0.2, 0.25) is 0 Å². The lowest BCUT2D eigenvalue weighted by atomic mass is 10.1. The smallest absolute Gasteiger partial charge is 0.318 e. The van der Waals surface area contributed by atoms with Crippen LogP contribution in [0, 0.1) is 0 Å². The maximum absolute atomic E-state index is 12.3. The first kappa shape index (κ1) is 55.1. The van der Waals surface area contributed by atoms with Gasteiger partial charge in [0.15, 0.2) is 11.2 Å². The Kier molecular flexibility index (Phi) is 25.5. The number of aromatic nitrogens is 6. The van der Waals surface area contributed by atoms with E-state index in [0.29, 0.717) is 122 Å². The first-order valence-electron chi connectivity index (χ1n) is 23.0. The summed E-state index contributed by atoms with van der Waals surface area (Å²) < 4.78 is 50.0. The van der Waals surface area contributed by atoms with Gasteiger partial charge in [0, 0.05) is 32.4 Å². The van der Waals surface area contributed by atoms with E-state index in [2.05, 4.69) is 51.2 Å². The highest BCUT2D eigenvalue weighted by Crippen LogP contribution is 2.21. The van der Waals surface area contributed by atoms with E-state index in [0.717, 1.165) is 22.3 Å². The average molecular weight is 992 g/mol. The zero-order chi connectivity index (χ0) is 50.1. The summed E-state index contributed by atoms with van der Waals surface area (Å²) in [6, 6.07) is 15.9. The molecule has 0 radical (unpaired) electrons. The average Bonchev–Trinajstić information content (AvgIpc) is 3.85. The molecule has 0 bridgehead atoms. The Morgan fingerprint density at radius 2 is 1.07 bits per heavy atom. The number of nitrogen functional groups attached to an aromatic ring is 2. The third-order valence-corrected chi connectivity index (χ3v) is 9.68. The van der Waals surface area contributed by atoms with Crippen molar-refractivity contribution in [1.29, 1.82) is 0 Å². The standard InChI is InChI=1S/C46H65N13O12/c47-37(42(61)51-12-15-64-18-21-66-22-19-65-16-13-52-45(62)54-28-33-1-3-36(4-2-33)31-71-46-53-10-9-38(48)57-46)27-39(60)50-11-14-63-17-20-67-23-24-68-25-26-69-29-34-5-7-35(8-6-34)30-70-43-40-41(56-32-55-40)58-44(49)59-43/h1-10,32,37H,11-31,47H2,(H,50,60)(H,51,61)(H2,48,53,57)(H2,52,54,62)(H3,49,55,56,58,59). The van der Waals surface area contributed by atoms with Crippen LogP contribution < -0.4 is 47.9 Å². The lowest BCUT2D eigenvalue weighted by molar-refractivity contribution is -0.127. The van der Waals surface area contributed by atoms with Gasteiger partial charge in [-0.15, -0.1) is 0 Å². The number of H-pyrrole nitrogens is 1. The second kappa shape index (κ2) is 32.9. The number of nitrogens with zero attached hydrogens (tertiary/aromatic N) is 5. The SMILES string of the molecule is Nc1ccnc(OCc2ccc(CNC(=O)NCCOCCOCCOCCNC(=O)C(N)CC(=O)NCCOCCOCCOCCOCc3ccc(COc4nc(N)nc5[nH]cnc45)cc3)cc2)n1. The molecule has 25 nitrogen and oxygen atoms in total. The van der Waals surface area contributed by atoms with Gasteiger partial charge in [0.05, 0.1) is 111 Å². The molecule has 0 saturated heterocycles. The number of anilines is 2. The molecule has 1 unspecified atom stereocenters. The Morgan fingerprint density at radius 3 is 1.68 bits per heavy atom. The quantitative estimate of drug-likeness (QED) is 0.0252. The molecular weight excluding hydrogens is 927 g/mol. The summed E-state index contributed by atoms with van der Waals surface area (Å²) in [4.78, 5) is 59.9. The molecule has 71 heavy (non-hydrogen) atoms. The number of hydrogen-bond donors (Lipinski definition) is 8. The van der Waals surface area contributed by atoms with Crippen molar-refractivity contribution in [3.63, 3.8) is 0 Å². The number of amides is 4. The van der Waals surface area contributed by atoms with E-state index >= 15 is 0 Å². The van der Waals surface area contributed by atoms with Gasteiger partial charge in [-0.3, -0.25) is 9.59 Å². The molecule has 0 saturated carbocycles. The van der Waals surface area contributed by atoms with Crippen LogP contribution in [0.5, 0.6) is 11.9 Å². The molecule has 0 aliphatic rings. The molecule has 1 atom stereocenters. The van der Waals surface area contributed by atoms with Crippen molar-refractivity contribution in [1.82, 2.24) is 51.2 Å². The second-order valence-electron chi connectivity index (χ2n) is 15.2. The van der Waals surface area contributed by atoms with Crippen LogP contribution in [0.25, 0.3) is 11.2 Å². The lowest BCUT2D eigenvalue weighted by Gasteiger charge is -2.13. The predicted molar refractivity (Wildman–Crippen MR) is 258 cm³/mol. The summed E-state index contributed by atoms with van der Waals surface area (Å²) in [7, 11) is 0. The highest BCUT2D eigenvalue weighted by atomic mass is 16.6. The van der Waals surface area contributed by atoms with Crippen LogP contribution in [0.15, 0.2) is 67.1 Å². The molecular formula is C46H65N13O12. The third-order valence-electron chi connectivity index (χ3n) is 9.68. The number of hydrogen-bond acceptors (Lipinski definition) is 20. The van der Waals surface area contributed by atoms with Gasteiger partial charge in [-0.05, 0) is 28.3 Å². The van der Waals surface area contributed by atoms with Crippen LogP contribution in [0.3, 0.4) is 0 Å². The van der Waals surface area contributed by atoms with Crippen molar-refractivity contribution < 1.29 is 57.0 Å². The fourth-order valence-corrected chi connectivity index (χ4v) is 6.01. The molecule has 2 aromatic carbocycles. The van der Waals surface area contributed by atoms with Crippen molar-refractivity contribution in [2.45, 2.75) is 38.8 Å². The van der Waals surface area contributed by atoms with Crippen molar-refractivity contribution in [2.75, 3.05) is 117 Å². The molecule has 5 aromatic rings. The van der Waals surface area contributed by atoms with Gasteiger partial charge in [-0.1, -0.05) is 48.5 Å². The minimum Gasteiger partial charge on any atom is -0.471 e. The van der Waals surface area contributed by atoms with Gasteiger partial charge < -0.3 is 86.1 Å². The highest BCUT2D eigenvalue weighted by Gasteiger charge is 2.17. The van der Waals surface area contributed by atoms with Crippen molar-refractivity contribution in [3.8, 4) is 11.9 Å². The zero-order valence-corrected chi connectivity index (χ0v) is 39.6. The number of aromatic amines is 1. The predicted octanol–water partition coefficient (Wildman–Crippen LogP) is 0.531. The minimum atomic E-state index is -1.00. The second-order valence-corrected chi connectivity index (χ2v) is 15.2. The summed E-state index contributed by atoms with van der Waals surface area (Å²) >= 11 is 0. The van der Waals surface area contributed by atoms with E-state index in [9.17, 15) is 14.4 Å². The van der Waals surface area contributed by atoms with Gasteiger partial charge in [-0.2, -0.15) is 15.0 Å². The minimum absolute atomic E-state index is 0.106. The van der Waals surface area contributed by atoms with Gasteiger partial charge in [-0.25, -0.2) is 14.8 Å². The number of nitrogens with two attached hydrogens (primary N) is 3. The number of carbonyl (C=O) groups excluding carboxylic acids is 3. The summed E-state index contributed by atoms with van der Waals surface area (Å²) in [6.07, 6.45) is 2.88. The Labute approximate surface area is 410 Å². The molecule has 386 valence electrons. The molecule has 0 aliphatic carbocycles. The summed E-state index contributed by atoms with van der Waals surface area (Å²) in [5, 5.41) is 10.9. The van der Waals surface area contributed by atoms with Crippen molar-refractivity contribution in [2.24, 2.45) is 5.73 Å². The number of ether oxygens (including phenoxy) is 9. The molecule has 3 aromatic heterocycles. The van der Waals surface area contributed by atoms with Crippen LogP contribution in [0.1, 0.15) is 28.7 Å². The number of nitrogens with one attached hydrogen (secondary N) is 5. The molecule has 4 amide bonds. The molecule has 0 aliphatic heterocycles. The van der Waals surface area contributed by atoms with Crippen molar-refractivity contribution >= 4 is 40.8 Å². The molecule has 0 fully saturated rings. The topological polar surface area (TPSA) is 341 Å². The van der Waals surface area contributed by atoms with Gasteiger partial charge in [0.1, 0.15) is 19.0 Å². The van der Waals surface area contributed by atoms with Gasteiger partial charge in [0.25, 0.3) is 0 Å². The Balaban J connectivity index is 0.719. The molecule has 5 rings (SSSR count). The molecule has 3 heterocycles. The number of benzene rings is 2. The first-order chi connectivity index (χ1) is 34.7. The molecule has 0 spiro atoms. The number of urea groups is 1. The van der Waals surface area contributed by atoms with Crippen LogP contribution in [0.4, 0.5) is 16.6 Å². The van der Waals surface area contributed by atoms with E-state index < -0.39 is 11.9 Å². The third kappa shape index (κ3) is 23.1. The normalized spacial score (nSPS) is 11.6.